The fraction of sp³-hybridized carbons (Fsp3) is 0.500. The minimum Gasteiger partial charge on any atom is -0.477 e. The lowest BCUT2D eigenvalue weighted by Gasteiger charge is -2.32. The maximum atomic E-state index is 11.9. The number of methoxy groups -OCH3 is 1. The number of hydrogen-bond donors (Lipinski definition) is 0. The molecule has 0 aliphatic carbocycles. The summed E-state index contributed by atoms with van der Waals surface area (Å²) < 4.78 is 10.9. The van der Waals surface area contributed by atoms with Gasteiger partial charge in [0.15, 0.2) is 0 Å². The zero-order valence-corrected chi connectivity index (χ0v) is 11.8. The number of aromatic nitrogens is 2. The topological polar surface area (TPSA) is 64.6 Å². The lowest BCUT2D eigenvalue weighted by atomic mass is 10.1. The summed E-state index contributed by atoms with van der Waals surface area (Å²) in [5.41, 5.74) is 0. The molecule has 6 heteroatoms. The number of piperidine rings is 1. The average Bonchev–Trinajstić information content (AvgIpc) is 2.48. The first kappa shape index (κ1) is 14.3. The summed E-state index contributed by atoms with van der Waals surface area (Å²) in [4.78, 5) is 21.8. The van der Waals surface area contributed by atoms with Gasteiger partial charge in [0.05, 0.1) is 13.7 Å². The summed E-state index contributed by atoms with van der Waals surface area (Å²) in [6, 6.07) is 0. The average molecular weight is 277 g/mol. The van der Waals surface area contributed by atoms with Crippen molar-refractivity contribution in [3.05, 3.63) is 24.5 Å². The van der Waals surface area contributed by atoms with Gasteiger partial charge in [-0.15, -0.1) is 0 Å². The highest BCUT2D eigenvalue weighted by Gasteiger charge is 2.25. The van der Waals surface area contributed by atoms with E-state index >= 15 is 0 Å². The number of carbonyl (C=O) groups excluding carboxylic acids is 1. The van der Waals surface area contributed by atoms with Gasteiger partial charge in [-0.3, -0.25) is 4.79 Å². The molecule has 1 aliphatic rings. The van der Waals surface area contributed by atoms with Crippen molar-refractivity contribution in [2.24, 2.45) is 0 Å². The normalized spacial score (nSPS) is 19.1. The molecule has 1 aromatic heterocycles. The highest BCUT2D eigenvalue weighted by molar-refractivity contribution is 5.87. The molecule has 1 aromatic rings. The van der Waals surface area contributed by atoms with E-state index in [4.69, 9.17) is 9.47 Å². The summed E-state index contributed by atoms with van der Waals surface area (Å²) in [5.74, 6) is 0.761. The molecule has 1 aliphatic heterocycles. The van der Waals surface area contributed by atoms with Crippen molar-refractivity contribution in [2.45, 2.75) is 25.9 Å². The fourth-order valence-electron chi connectivity index (χ4n) is 2.17. The molecular formula is C14H19N3O3. The number of rotatable bonds is 4. The predicted molar refractivity (Wildman–Crippen MR) is 73.6 cm³/mol. The Morgan fingerprint density at radius 1 is 1.40 bits per heavy atom. The third-order valence-corrected chi connectivity index (χ3v) is 3.10. The zero-order valence-electron chi connectivity index (χ0n) is 11.8. The molecule has 1 atom stereocenters. The summed E-state index contributed by atoms with van der Waals surface area (Å²) in [6.45, 7) is 3.16. The second-order valence-electron chi connectivity index (χ2n) is 4.54. The van der Waals surface area contributed by atoms with Crippen LogP contribution in [0.25, 0.3) is 0 Å². The van der Waals surface area contributed by atoms with Crippen molar-refractivity contribution >= 4 is 5.91 Å². The predicted octanol–water partition coefficient (Wildman–Crippen LogP) is 1.43. The van der Waals surface area contributed by atoms with Crippen molar-refractivity contribution in [2.75, 3.05) is 20.2 Å². The number of nitrogens with zero attached hydrogens (tertiary/aromatic N) is 3. The molecule has 1 saturated heterocycles. The summed E-state index contributed by atoms with van der Waals surface area (Å²) in [6.07, 6.45) is 8.15. The van der Waals surface area contributed by atoms with Crippen LogP contribution >= 0.6 is 0 Å². The Morgan fingerprint density at radius 2 is 2.15 bits per heavy atom. The quantitative estimate of drug-likeness (QED) is 0.779. The Bertz CT molecular complexity index is 490. The van der Waals surface area contributed by atoms with E-state index in [9.17, 15) is 4.79 Å². The van der Waals surface area contributed by atoms with Gasteiger partial charge in [-0.25, -0.2) is 9.97 Å². The molecule has 1 amide bonds. The van der Waals surface area contributed by atoms with Crippen LogP contribution in [0.4, 0.5) is 0 Å². The highest BCUT2D eigenvalue weighted by Crippen LogP contribution is 2.23. The van der Waals surface area contributed by atoms with Crippen LogP contribution in [0.2, 0.25) is 0 Å². The van der Waals surface area contributed by atoms with Crippen LogP contribution < -0.4 is 9.47 Å². The molecule has 2 heterocycles. The lowest BCUT2D eigenvalue weighted by Crippen LogP contribution is -2.43. The minimum absolute atomic E-state index is 0.0203. The van der Waals surface area contributed by atoms with Gasteiger partial charge in [0, 0.05) is 18.9 Å². The molecule has 1 fully saturated rings. The van der Waals surface area contributed by atoms with Crippen molar-refractivity contribution in [3.8, 4) is 11.8 Å². The number of likely N-dealkylation sites (tertiary alicyclic amines) is 1. The van der Waals surface area contributed by atoms with Crippen LogP contribution in [-0.4, -0.2) is 47.1 Å². The van der Waals surface area contributed by atoms with Crippen molar-refractivity contribution in [1.29, 1.82) is 0 Å². The van der Waals surface area contributed by atoms with Crippen molar-refractivity contribution in [3.63, 3.8) is 0 Å². The lowest BCUT2D eigenvalue weighted by molar-refractivity contribution is -0.128. The number of amides is 1. The molecular weight excluding hydrogens is 258 g/mol. The molecule has 1 unspecified atom stereocenters. The van der Waals surface area contributed by atoms with Crippen LogP contribution in [0.3, 0.4) is 0 Å². The van der Waals surface area contributed by atoms with Gasteiger partial charge in [0.2, 0.25) is 5.91 Å². The molecule has 0 bridgehead atoms. The maximum absolute atomic E-state index is 11.9. The van der Waals surface area contributed by atoms with Gasteiger partial charge in [-0.05, 0) is 25.8 Å². The fourth-order valence-corrected chi connectivity index (χ4v) is 2.17. The standard InChI is InChI=1S/C14H19N3O3/c1-3-5-12(18)17-9-4-6-11(10-17)20-14-13(19-2)15-7-8-16-14/h3,5,7-8,11H,4,6,9-10H2,1-2H3. The van der Waals surface area contributed by atoms with E-state index in [0.717, 1.165) is 19.4 Å². The first-order chi connectivity index (χ1) is 9.74. The Labute approximate surface area is 118 Å². The monoisotopic (exact) mass is 277 g/mol. The number of carbonyl (C=O) groups is 1. The molecule has 6 nitrogen and oxygen atoms in total. The van der Waals surface area contributed by atoms with E-state index in [1.54, 1.807) is 29.4 Å². The van der Waals surface area contributed by atoms with Crippen LogP contribution in [0.5, 0.6) is 11.8 Å². The number of allylic oxidation sites excluding steroid dienone is 1. The van der Waals surface area contributed by atoms with E-state index in [2.05, 4.69) is 9.97 Å². The largest absolute Gasteiger partial charge is 0.477 e. The molecule has 0 N–H and O–H groups in total. The summed E-state index contributed by atoms with van der Waals surface area (Å²) in [7, 11) is 1.53. The Hall–Kier alpha value is -2.11. The van der Waals surface area contributed by atoms with Gasteiger partial charge in [0.25, 0.3) is 11.8 Å². The molecule has 0 saturated carbocycles. The molecule has 0 aromatic carbocycles. The third-order valence-electron chi connectivity index (χ3n) is 3.10. The SMILES string of the molecule is CC=CC(=O)N1CCCC(Oc2nccnc2OC)C1. The maximum Gasteiger partial charge on any atom is 0.278 e. The van der Waals surface area contributed by atoms with Crippen molar-refractivity contribution in [1.82, 2.24) is 14.9 Å². The molecule has 108 valence electrons. The molecule has 0 spiro atoms. The van der Waals surface area contributed by atoms with E-state index in [1.165, 1.54) is 7.11 Å². The second-order valence-corrected chi connectivity index (χ2v) is 4.54. The molecule has 2 rings (SSSR count). The summed E-state index contributed by atoms with van der Waals surface area (Å²) in [5, 5.41) is 0. The summed E-state index contributed by atoms with van der Waals surface area (Å²) >= 11 is 0. The van der Waals surface area contributed by atoms with Crippen LogP contribution in [0.15, 0.2) is 24.5 Å². The Morgan fingerprint density at radius 3 is 2.85 bits per heavy atom. The number of hydrogen-bond acceptors (Lipinski definition) is 5. The van der Waals surface area contributed by atoms with Gasteiger partial charge < -0.3 is 14.4 Å². The van der Waals surface area contributed by atoms with E-state index in [-0.39, 0.29) is 12.0 Å². The highest BCUT2D eigenvalue weighted by atomic mass is 16.5. The minimum atomic E-state index is -0.0800. The van der Waals surface area contributed by atoms with E-state index < -0.39 is 0 Å². The van der Waals surface area contributed by atoms with Gasteiger partial charge in [-0.2, -0.15) is 0 Å². The number of ether oxygens (including phenoxy) is 2. The second kappa shape index (κ2) is 6.88. The smallest absolute Gasteiger partial charge is 0.278 e. The Kier molecular flexibility index (Phi) is 4.92. The van der Waals surface area contributed by atoms with Gasteiger partial charge in [0.1, 0.15) is 6.10 Å². The van der Waals surface area contributed by atoms with E-state index in [0.29, 0.717) is 18.3 Å². The first-order valence-electron chi connectivity index (χ1n) is 6.68. The van der Waals surface area contributed by atoms with E-state index in [1.807, 2.05) is 6.92 Å². The Balaban J connectivity index is 2.01. The zero-order chi connectivity index (χ0) is 14.4. The third kappa shape index (κ3) is 3.46. The van der Waals surface area contributed by atoms with Gasteiger partial charge in [-0.1, -0.05) is 6.08 Å². The van der Waals surface area contributed by atoms with Gasteiger partial charge >= 0.3 is 0 Å². The molecule has 0 radical (unpaired) electrons. The molecule has 20 heavy (non-hydrogen) atoms. The first-order valence-corrected chi connectivity index (χ1v) is 6.68. The van der Waals surface area contributed by atoms with Crippen LogP contribution in [-0.2, 0) is 4.79 Å². The van der Waals surface area contributed by atoms with Crippen LogP contribution in [0.1, 0.15) is 19.8 Å². The van der Waals surface area contributed by atoms with Crippen LogP contribution in [0, 0.1) is 0 Å². The van der Waals surface area contributed by atoms with Crippen molar-refractivity contribution < 1.29 is 14.3 Å².